The van der Waals surface area contributed by atoms with Crippen LogP contribution in [0.4, 0.5) is 5.69 Å². The third kappa shape index (κ3) is 4.33. The molecule has 11 aromatic rings. The fourth-order valence-corrected chi connectivity index (χ4v) is 8.89. The Labute approximate surface area is 316 Å². The first kappa shape index (κ1) is 30.7. The largest absolute Gasteiger partial charge is 0.310 e. The van der Waals surface area contributed by atoms with Gasteiger partial charge in [0.1, 0.15) is 0 Å². The number of aromatic nitrogens is 3. The monoisotopic (exact) mass is 699 g/mol. The van der Waals surface area contributed by atoms with Crippen LogP contribution in [0.25, 0.3) is 98.5 Å². The van der Waals surface area contributed by atoms with Crippen molar-refractivity contribution < 1.29 is 0 Å². The Morgan fingerprint density at radius 3 is 1.51 bits per heavy atom. The molecule has 3 heterocycles. The Morgan fingerprint density at radius 1 is 0.400 bits per heavy atom. The van der Waals surface area contributed by atoms with Crippen LogP contribution in [0.1, 0.15) is 5.56 Å². The lowest BCUT2D eigenvalue weighted by atomic mass is 9.99. The van der Waals surface area contributed by atoms with E-state index in [9.17, 15) is 5.26 Å². The smallest absolute Gasteiger partial charge is 0.197 e. The molecule has 0 amide bonds. The maximum atomic E-state index is 10.3. The first-order valence-corrected chi connectivity index (χ1v) is 18.3. The van der Waals surface area contributed by atoms with Crippen LogP contribution in [0.5, 0.6) is 0 Å². The molecule has 11 rings (SSSR count). The van der Waals surface area contributed by atoms with Crippen molar-refractivity contribution in [1.82, 2.24) is 13.7 Å². The van der Waals surface area contributed by atoms with E-state index in [0.717, 1.165) is 82.8 Å². The van der Waals surface area contributed by atoms with Crippen molar-refractivity contribution in [3.63, 3.8) is 0 Å². The SMILES string of the molecule is [C-]#[N+]c1cccc2c1c1ccccc1n2-c1ccccc1-c1ccc(C#N)cc1-n1c2ccccc2c2c(-n3c4ccccc4c4ccccc43)cccc21. The second-order valence-corrected chi connectivity index (χ2v) is 13.9. The maximum Gasteiger partial charge on any atom is 0.197 e. The molecule has 0 saturated heterocycles. The van der Waals surface area contributed by atoms with Gasteiger partial charge in [0.05, 0.1) is 62.9 Å². The van der Waals surface area contributed by atoms with Gasteiger partial charge in [-0.1, -0.05) is 115 Å². The highest BCUT2D eigenvalue weighted by molar-refractivity contribution is 6.18. The minimum atomic E-state index is 0.583. The van der Waals surface area contributed by atoms with E-state index in [4.69, 9.17) is 6.57 Å². The lowest BCUT2D eigenvalue weighted by Gasteiger charge is -2.19. The van der Waals surface area contributed by atoms with Crippen LogP contribution in [0.3, 0.4) is 0 Å². The number of rotatable bonds is 4. The predicted molar refractivity (Wildman–Crippen MR) is 226 cm³/mol. The molecule has 0 aliphatic heterocycles. The van der Waals surface area contributed by atoms with Crippen LogP contribution in [0.15, 0.2) is 176 Å². The van der Waals surface area contributed by atoms with Gasteiger partial charge in [0, 0.05) is 43.6 Å². The van der Waals surface area contributed by atoms with Crippen LogP contribution in [0, 0.1) is 17.9 Å². The summed E-state index contributed by atoms with van der Waals surface area (Å²) in [7, 11) is 0. The van der Waals surface area contributed by atoms with Gasteiger partial charge >= 0.3 is 0 Å². The minimum Gasteiger partial charge on any atom is -0.310 e. The Balaban J connectivity index is 1.24. The number of hydrogen-bond acceptors (Lipinski definition) is 1. The normalized spacial score (nSPS) is 11.6. The summed E-state index contributed by atoms with van der Waals surface area (Å²) in [6.07, 6.45) is 0. The number of nitrogens with zero attached hydrogens (tertiary/aromatic N) is 5. The highest BCUT2D eigenvalue weighted by Gasteiger charge is 2.23. The molecule has 5 nitrogen and oxygen atoms in total. The molecule has 0 radical (unpaired) electrons. The molecule has 0 aliphatic carbocycles. The van der Waals surface area contributed by atoms with E-state index in [1.54, 1.807) is 0 Å². The Morgan fingerprint density at radius 2 is 0.855 bits per heavy atom. The summed E-state index contributed by atoms with van der Waals surface area (Å²) < 4.78 is 7.01. The van der Waals surface area contributed by atoms with E-state index in [2.05, 4.69) is 170 Å². The van der Waals surface area contributed by atoms with Crippen LogP contribution < -0.4 is 0 Å². The van der Waals surface area contributed by atoms with Crippen molar-refractivity contribution >= 4 is 71.1 Å². The number of fused-ring (bicyclic) bond motifs is 9. The van der Waals surface area contributed by atoms with E-state index in [1.807, 2.05) is 30.3 Å². The molecule has 0 spiro atoms. The standard InChI is InChI=1S/C50H29N5/c1-52-39-19-12-25-45-49(39)37-17-5-10-23-43(37)54(45)42-22-9-4-16-35(42)36-29-28-32(31-51)30-48(36)55-44-24-11-6-18-38(44)50-46(26-13-27-47(50)55)53-40-20-7-2-14-33(40)34-15-3-8-21-41(34)53/h2-30H. The average molecular weight is 700 g/mol. The van der Waals surface area contributed by atoms with Gasteiger partial charge in [0.15, 0.2) is 5.69 Å². The predicted octanol–water partition coefficient (Wildman–Crippen LogP) is 13.1. The summed E-state index contributed by atoms with van der Waals surface area (Å²) in [5, 5.41) is 17.0. The maximum absolute atomic E-state index is 10.3. The third-order valence-corrected chi connectivity index (χ3v) is 11.1. The first-order chi connectivity index (χ1) is 27.2. The van der Waals surface area contributed by atoms with Crippen LogP contribution >= 0.6 is 0 Å². The Kier molecular flexibility index (Phi) is 6.61. The van der Waals surface area contributed by atoms with Gasteiger partial charge in [0.2, 0.25) is 0 Å². The molecule has 0 saturated carbocycles. The molecule has 0 aliphatic rings. The average Bonchev–Trinajstić information content (AvgIpc) is 3.89. The fraction of sp³-hybridized carbons (Fsp3) is 0. The van der Waals surface area contributed by atoms with Gasteiger partial charge in [-0.2, -0.15) is 5.26 Å². The van der Waals surface area contributed by atoms with Crippen LogP contribution in [-0.2, 0) is 0 Å². The molecule has 8 aromatic carbocycles. The van der Waals surface area contributed by atoms with Gasteiger partial charge in [-0.15, -0.1) is 0 Å². The van der Waals surface area contributed by atoms with Gasteiger partial charge in [-0.05, 0) is 66.0 Å². The quantitative estimate of drug-likeness (QED) is 0.169. The fourth-order valence-electron chi connectivity index (χ4n) is 8.89. The zero-order valence-electron chi connectivity index (χ0n) is 29.5. The molecule has 5 heteroatoms. The van der Waals surface area contributed by atoms with Crippen molar-refractivity contribution in [2.45, 2.75) is 0 Å². The van der Waals surface area contributed by atoms with Gasteiger partial charge < -0.3 is 13.7 Å². The number of nitriles is 1. The number of hydrogen-bond donors (Lipinski definition) is 0. The molecule has 55 heavy (non-hydrogen) atoms. The molecule has 0 N–H and O–H groups in total. The molecule has 0 atom stereocenters. The molecule has 0 fully saturated rings. The third-order valence-electron chi connectivity index (χ3n) is 11.1. The summed E-state index contributed by atoms with van der Waals surface area (Å²) in [5.74, 6) is 0. The second kappa shape index (κ2) is 11.8. The second-order valence-electron chi connectivity index (χ2n) is 13.9. The van der Waals surface area contributed by atoms with E-state index in [1.165, 1.54) is 10.8 Å². The number of benzene rings is 8. The molecular weight excluding hydrogens is 671 g/mol. The summed E-state index contributed by atoms with van der Waals surface area (Å²) in [5.41, 5.74) is 12.7. The highest BCUT2D eigenvalue weighted by atomic mass is 15.0. The zero-order chi connectivity index (χ0) is 36.6. The minimum absolute atomic E-state index is 0.583. The van der Waals surface area contributed by atoms with E-state index in [0.29, 0.717) is 11.3 Å². The molecule has 254 valence electrons. The van der Waals surface area contributed by atoms with Crippen molar-refractivity contribution in [1.29, 1.82) is 5.26 Å². The topological polar surface area (TPSA) is 42.9 Å². The molecule has 0 bridgehead atoms. The van der Waals surface area contributed by atoms with Gasteiger partial charge in [0.25, 0.3) is 0 Å². The van der Waals surface area contributed by atoms with E-state index < -0.39 is 0 Å². The van der Waals surface area contributed by atoms with E-state index >= 15 is 0 Å². The summed E-state index contributed by atoms with van der Waals surface area (Å²) in [6, 6.07) is 63.6. The number of para-hydroxylation sites is 5. The summed E-state index contributed by atoms with van der Waals surface area (Å²) in [4.78, 5) is 3.92. The molecular formula is C50H29N5. The lowest BCUT2D eigenvalue weighted by Crippen LogP contribution is -2.02. The van der Waals surface area contributed by atoms with Crippen LogP contribution in [-0.4, -0.2) is 13.7 Å². The lowest BCUT2D eigenvalue weighted by molar-refractivity contribution is 1.15. The van der Waals surface area contributed by atoms with Crippen molar-refractivity contribution in [2.75, 3.05) is 0 Å². The summed E-state index contributed by atoms with van der Waals surface area (Å²) in [6.45, 7) is 8.00. The Hall–Kier alpha value is -7.86. The van der Waals surface area contributed by atoms with Gasteiger partial charge in [-0.25, -0.2) is 4.85 Å². The van der Waals surface area contributed by atoms with Crippen molar-refractivity contribution in [2.24, 2.45) is 0 Å². The van der Waals surface area contributed by atoms with Crippen LogP contribution in [0.2, 0.25) is 0 Å². The highest BCUT2D eigenvalue weighted by Crippen LogP contribution is 2.44. The molecule has 0 unspecified atom stereocenters. The Bertz CT molecular complexity index is 3420. The summed E-state index contributed by atoms with van der Waals surface area (Å²) >= 11 is 0. The van der Waals surface area contributed by atoms with E-state index in [-0.39, 0.29) is 0 Å². The van der Waals surface area contributed by atoms with Crippen molar-refractivity contribution in [3.05, 3.63) is 193 Å². The van der Waals surface area contributed by atoms with Gasteiger partial charge in [-0.3, -0.25) is 0 Å². The first-order valence-electron chi connectivity index (χ1n) is 18.3. The molecule has 3 aromatic heterocycles. The zero-order valence-corrected chi connectivity index (χ0v) is 29.5. The van der Waals surface area contributed by atoms with Crippen molar-refractivity contribution in [3.8, 4) is 34.3 Å².